The summed E-state index contributed by atoms with van der Waals surface area (Å²) in [6.07, 6.45) is 1.75. The van der Waals surface area contributed by atoms with E-state index >= 15 is 0 Å². The van der Waals surface area contributed by atoms with Crippen molar-refractivity contribution in [3.63, 3.8) is 0 Å². The number of hydrogen-bond acceptors (Lipinski definition) is 5. The number of amides is 1. The Labute approximate surface area is 153 Å². The first-order valence-corrected chi connectivity index (χ1v) is 9.43. The van der Waals surface area contributed by atoms with E-state index < -0.39 is 5.60 Å². The zero-order valence-corrected chi connectivity index (χ0v) is 15.9. The number of benzene rings is 1. The highest BCUT2D eigenvalue weighted by molar-refractivity contribution is 7.15. The summed E-state index contributed by atoms with van der Waals surface area (Å²) in [4.78, 5) is 22.1. The molecule has 0 spiro atoms. The predicted molar refractivity (Wildman–Crippen MR) is 101 cm³/mol. The molecule has 1 aromatic heterocycles. The maximum Gasteiger partial charge on any atom is 0.410 e. The topological polar surface area (TPSA) is 45.7 Å². The maximum atomic E-state index is 12.1. The molecule has 0 saturated carbocycles. The Morgan fingerprint density at radius 3 is 2.48 bits per heavy atom. The van der Waals surface area contributed by atoms with Gasteiger partial charge in [-0.25, -0.2) is 9.78 Å². The molecule has 0 atom stereocenters. The molecule has 5 nitrogen and oxygen atoms in total. The van der Waals surface area contributed by atoms with Crippen molar-refractivity contribution in [1.29, 1.82) is 0 Å². The van der Waals surface area contributed by atoms with Gasteiger partial charge in [0.2, 0.25) is 0 Å². The zero-order chi connectivity index (χ0) is 17.9. The van der Waals surface area contributed by atoms with Crippen molar-refractivity contribution < 1.29 is 9.53 Å². The van der Waals surface area contributed by atoms with Gasteiger partial charge < -0.3 is 9.64 Å². The molecule has 0 unspecified atom stereocenters. The van der Waals surface area contributed by atoms with Crippen LogP contribution in [0.3, 0.4) is 0 Å². The number of carbonyl (C=O) groups excluding carboxylic acids is 1. The van der Waals surface area contributed by atoms with Gasteiger partial charge in [0.1, 0.15) is 10.6 Å². The molecule has 134 valence electrons. The number of thiazole rings is 1. The molecule has 0 bridgehead atoms. The van der Waals surface area contributed by atoms with Gasteiger partial charge in [0, 0.05) is 49.4 Å². The van der Waals surface area contributed by atoms with Crippen molar-refractivity contribution in [2.24, 2.45) is 0 Å². The number of hydrogen-bond donors (Lipinski definition) is 0. The average Bonchev–Trinajstić information content (AvgIpc) is 3.03. The van der Waals surface area contributed by atoms with Gasteiger partial charge in [-0.2, -0.15) is 0 Å². The Hall–Kier alpha value is -1.92. The number of nitrogens with zero attached hydrogens (tertiary/aromatic N) is 3. The smallest absolute Gasteiger partial charge is 0.410 e. The van der Waals surface area contributed by atoms with E-state index in [1.165, 1.54) is 4.88 Å². The van der Waals surface area contributed by atoms with Crippen LogP contribution in [0.4, 0.5) is 4.79 Å². The van der Waals surface area contributed by atoms with Crippen molar-refractivity contribution in [2.75, 3.05) is 26.2 Å². The molecule has 3 rings (SSSR count). The lowest BCUT2D eigenvalue weighted by Crippen LogP contribution is -2.49. The normalized spacial score (nSPS) is 16.0. The van der Waals surface area contributed by atoms with Gasteiger partial charge in [-0.3, -0.25) is 4.90 Å². The molecule has 1 fully saturated rings. The molecule has 6 heteroatoms. The van der Waals surface area contributed by atoms with Gasteiger partial charge in [-0.15, -0.1) is 11.3 Å². The Balaban J connectivity index is 1.51. The minimum absolute atomic E-state index is 0.212. The minimum atomic E-state index is -0.440. The molecule has 1 amide bonds. The first-order valence-electron chi connectivity index (χ1n) is 8.61. The molecule has 2 heterocycles. The number of carbonyl (C=O) groups is 1. The number of piperazine rings is 1. The van der Waals surface area contributed by atoms with E-state index in [1.54, 1.807) is 16.2 Å². The van der Waals surface area contributed by atoms with Crippen LogP contribution >= 0.6 is 11.3 Å². The van der Waals surface area contributed by atoms with Gasteiger partial charge in [-0.05, 0) is 20.8 Å². The highest BCUT2D eigenvalue weighted by atomic mass is 32.1. The van der Waals surface area contributed by atoms with Crippen LogP contribution in [0.1, 0.15) is 25.6 Å². The molecule has 1 aromatic carbocycles. The molecule has 0 radical (unpaired) electrons. The van der Waals surface area contributed by atoms with E-state index in [4.69, 9.17) is 4.74 Å². The molecule has 1 aliphatic rings. The molecular weight excluding hydrogens is 334 g/mol. The van der Waals surface area contributed by atoms with Crippen molar-refractivity contribution in [2.45, 2.75) is 32.9 Å². The van der Waals surface area contributed by atoms with Gasteiger partial charge in [0.05, 0.1) is 0 Å². The predicted octanol–water partition coefficient (Wildman–Crippen LogP) is 3.86. The highest BCUT2D eigenvalue weighted by Gasteiger charge is 2.26. The lowest BCUT2D eigenvalue weighted by molar-refractivity contribution is 0.0139. The Morgan fingerprint density at radius 2 is 1.84 bits per heavy atom. The quantitative estimate of drug-likeness (QED) is 0.835. The van der Waals surface area contributed by atoms with Crippen molar-refractivity contribution in [3.05, 3.63) is 41.4 Å². The fourth-order valence-electron chi connectivity index (χ4n) is 2.73. The molecule has 1 aliphatic heterocycles. The largest absolute Gasteiger partial charge is 0.444 e. The number of ether oxygens (including phenoxy) is 1. The summed E-state index contributed by atoms with van der Waals surface area (Å²) in [5, 5.41) is 1.06. The summed E-state index contributed by atoms with van der Waals surface area (Å²) in [6.45, 7) is 9.71. The highest BCUT2D eigenvalue weighted by Crippen LogP contribution is 2.26. The van der Waals surface area contributed by atoms with Crippen LogP contribution in [0.2, 0.25) is 0 Å². The molecular formula is C19H25N3O2S. The second-order valence-corrected chi connectivity index (χ2v) is 8.36. The summed E-state index contributed by atoms with van der Waals surface area (Å²) < 4.78 is 5.44. The summed E-state index contributed by atoms with van der Waals surface area (Å²) in [5.74, 6) is 0. The van der Waals surface area contributed by atoms with E-state index in [0.717, 1.165) is 30.2 Å². The standard InChI is InChI=1S/C19H25N3O2S/c1-19(2,3)24-18(23)22-11-9-21(10-12-22)14-16-13-20-17(25-16)15-7-5-4-6-8-15/h4-8,13H,9-12,14H2,1-3H3. The molecule has 1 saturated heterocycles. The lowest BCUT2D eigenvalue weighted by Gasteiger charge is -2.35. The SMILES string of the molecule is CC(C)(C)OC(=O)N1CCN(Cc2cnc(-c3ccccc3)s2)CC1. The van der Waals surface area contributed by atoms with Crippen LogP contribution in [0.25, 0.3) is 10.6 Å². The van der Waals surface area contributed by atoms with Crippen LogP contribution in [0, 0.1) is 0 Å². The van der Waals surface area contributed by atoms with Gasteiger partial charge in [0.15, 0.2) is 0 Å². The van der Waals surface area contributed by atoms with Crippen LogP contribution in [-0.2, 0) is 11.3 Å². The first-order chi connectivity index (χ1) is 11.9. The molecule has 25 heavy (non-hydrogen) atoms. The van der Waals surface area contributed by atoms with Crippen LogP contribution < -0.4 is 0 Å². The van der Waals surface area contributed by atoms with Crippen LogP contribution in [0.5, 0.6) is 0 Å². The van der Waals surface area contributed by atoms with E-state index in [0.29, 0.717) is 13.1 Å². The maximum absolute atomic E-state index is 12.1. The van der Waals surface area contributed by atoms with Crippen molar-refractivity contribution in [1.82, 2.24) is 14.8 Å². The third kappa shape index (κ3) is 5.03. The molecule has 0 N–H and O–H groups in total. The zero-order valence-electron chi connectivity index (χ0n) is 15.1. The lowest BCUT2D eigenvalue weighted by atomic mass is 10.2. The minimum Gasteiger partial charge on any atom is -0.444 e. The van der Waals surface area contributed by atoms with E-state index in [9.17, 15) is 4.79 Å². The van der Waals surface area contributed by atoms with E-state index in [2.05, 4.69) is 22.0 Å². The summed E-state index contributed by atoms with van der Waals surface area (Å²) in [6, 6.07) is 10.3. The first kappa shape index (κ1) is 17.9. The Kier molecular flexibility index (Phi) is 5.39. The molecule has 0 aliphatic carbocycles. The van der Waals surface area contributed by atoms with E-state index in [-0.39, 0.29) is 6.09 Å². The third-order valence-electron chi connectivity index (χ3n) is 3.98. The third-order valence-corrected chi connectivity index (χ3v) is 5.01. The van der Waals surface area contributed by atoms with Gasteiger partial charge in [-0.1, -0.05) is 30.3 Å². The van der Waals surface area contributed by atoms with Crippen LogP contribution in [-0.4, -0.2) is 52.7 Å². The van der Waals surface area contributed by atoms with E-state index in [1.807, 2.05) is 45.2 Å². The number of rotatable bonds is 3. The van der Waals surface area contributed by atoms with Gasteiger partial charge >= 0.3 is 6.09 Å². The second kappa shape index (κ2) is 7.54. The van der Waals surface area contributed by atoms with Crippen molar-refractivity contribution >= 4 is 17.4 Å². The van der Waals surface area contributed by atoms with Gasteiger partial charge in [0.25, 0.3) is 0 Å². The average molecular weight is 359 g/mol. The Bertz CT molecular complexity index is 701. The summed E-state index contributed by atoms with van der Waals surface area (Å²) in [5.41, 5.74) is 0.721. The number of aromatic nitrogens is 1. The monoisotopic (exact) mass is 359 g/mol. The fraction of sp³-hybridized carbons (Fsp3) is 0.474. The Morgan fingerprint density at radius 1 is 1.16 bits per heavy atom. The van der Waals surface area contributed by atoms with Crippen molar-refractivity contribution in [3.8, 4) is 10.6 Å². The van der Waals surface area contributed by atoms with Crippen LogP contribution in [0.15, 0.2) is 36.5 Å². The second-order valence-electron chi connectivity index (χ2n) is 7.24. The fourth-order valence-corrected chi connectivity index (χ4v) is 3.69. The summed E-state index contributed by atoms with van der Waals surface area (Å²) >= 11 is 1.74. The molecule has 2 aromatic rings. The summed E-state index contributed by atoms with van der Waals surface area (Å²) in [7, 11) is 0.